The van der Waals surface area contributed by atoms with Crippen molar-refractivity contribution in [3.63, 3.8) is 0 Å². The van der Waals surface area contributed by atoms with Crippen molar-refractivity contribution in [2.45, 2.75) is 349 Å². The van der Waals surface area contributed by atoms with Crippen LogP contribution in [0.15, 0.2) is 72.9 Å². The molecule has 3 saturated heterocycles. The molecule has 3 aliphatic rings. The fourth-order valence-corrected chi connectivity index (χ4v) is 11.7. The van der Waals surface area contributed by atoms with Gasteiger partial charge < -0.3 is 89.9 Å². The Balaban J connectivity index is 1.32. The third-order valence-corrected chi connectivity index (χ3v) is 17.5. The molecule has 17 atom stereocenters. The SMILES string of the molecule is CC/C=C\C/C=C\C/C=C\C/C=C\CCCCCCCCCCCCCCCCCCCCCCCCC(=O)NC(COC1OC(CO)C(OC2OC(CO)C(OC3OC(CO)C(O)C(O)C3O)C(O)C2O)C(O)C1O)C(O)/C=C/CC/C=C/CCCCCCC. The lowest BCUT2D eigenvalue weighted by Gasteiger charge is -2.48. The first-order valence-electron chi connectivity index (χ1n) is 35.7. The third kappa shape index (κ3) is 35.2. The van der Waals surface area contributed by atoms with Crippen LogP contribution in [0.2, 0.25) is 0 Å². The summed E-state index contributed by atoms with van der Waals surface area (Å²) in [6.07, 6.45) is 40.7. The van der Waals surface area contributed by atoms with Crippen LogP contribution in [0.5, 0.6) is 0 Å². The van der Waals surface area contributed by atoms with Gasteiger partial charge in [-0.3, -0.25) is 4.79 Å². The molecular weight excluding hydrogens is 1170 g/mol. The molecule has 0 saturated carbocycles. The Labute approximate surface area is 547 Å². The van der Waals surface area contributed by atoms with Crippen molar-refractivity contribution in [2.75, 3.05) is 26.4 Å². The summed E-state index contributed by atoms with van der Waals surface area (Å²) < 4.78 is 34.3. The number of hydrogen-bond donors (Lipinski definition) is 12. The summed E-state index contributed by atoms with van der Waals surface area (Å²) in [7, 11) is 0. The molecule has 0 bridgehead atoms. The lowest BCUT2D eigenvalue weighted by Crippen LogP contribution is -2.66. The van der Waals surface area contributed by atoms with E-state index >= 15 is 0 Å². The second-order valence-electron chi connectivity index (χ2n) is 25.3. The summed E-state index contributed by atoms with van der Waals surface area (Å²) in [6, 6.07) is -0.989. The molecule has 1 amide bonds. The lowest BCUT2D eigenvalue weighted by molar-refractivity contribution is -0.379. The zero-order valence-electron chi connectivity index (χ0n) is 55.8. The molecule has 0 aliphatic carbocycles. The van der Waals surface area contributed by atoms with Gasteiger partial charge in [-0.05, 0) is 70.6 Å². The molecule has 19 heteroatoms. The van der Waals surface area contributed by atoms with Crippen molar-refractivity contribution in [2.24, 2.45) is 0 Å². The molecule has 0 aromatic carbocycles. The van der Waals surface area contributed by atoms with Crippen LogP contribution < -0.4 is 5.32 Å². The summed E-state index contributed by atoms with van der Waals surface area (Å²) in [5.74, 6) is -0.286. The lowest BCUT2D eigenvalue weighted by atomic mass is 9.96. The number of aliphatic hydroxyl groups is 11. The summed E-state index contributed by atoms with van der Waals surface area (Å²) >= 11 is 0. The maximum absolute atomic E-state index is 13.4. The van der Waals surface area contributed by atoms with E-state index in [1.54, 1.807) is 6.08 Å². The minimum absolute atomic E-state index is 0.236. The van der Waals surface area contributed by atoms with Gasteiger partial charge in [-0.25, -0.2) is 0 Å². The fraction of sp³-hybridized carbons (Fsp3) is 0.819. The molecule has 0 aromatic heterocycles. The topological polar surface area (TPSA) is 307 Å². The van der Waals surface area contributed by atoms with Crippen LogP contribution in [0.25, 0.3) is 0 Å². The van der Waals surface area contributed by atoms with Crippen LogP contribution in [-0.2, 0) is 33.2 Å². The second kappa shape index (κ2) is 53.4. The number of aliphatic hydroxyl groups excluding tert-OH is 11. The number of rotatable bonds is 54. The number of hydrogen-bond acceptors (Lipinski definition) is 18. The normalized spacial score (nSPS) is 28.3. The number of allylic oxidation sites excluding steroid dienone is 11. The van der Waals surface area contributed by atoms with Crippen molar-refractivity contribution in [3.8, 4) is 0 Å². The molecule has 3 fully saturated rings. The number of nitrogens with one attached hydrogen (secondary N) is 1. The Morgan fingerprint density at radius 3 is 1.23 bits per heavy atom. The van der Waals surface area contributed by atoms with Crippen molar-refractivity contribution < 1.29 is 89.4 Å². The third-order valence-electron chi connectivity index (χ3n) is 17.5. The van der Waals surface area contributed by atoms with Gasteiger partial charge in [-0.1, -0.05) is 241 Å². The summed E-state index contributed by atoms with van der Waals surface area (Å²) in [5, 5.41) is 120. The van der Waals surface area contributed by atoms with Crippen LogP contribution in [0, 0.1) is 0 Å². The van der Waals surface area contributed by atoms with E-state index in [2.05, 4.69) is 79.9 Å². The molecule has 0 radical (unpaired) electrons. The molecule has 528 valence electrons. The van der Waals surface area contributed by atoms with E-state index in [4.69, 9.17) is 28.4 Å². The van der Waals surface area contributed by atoms with Crippen molar-refractivity contribution in [1.29, 1.82) is 0 Å². The second-order valence-corrected chi connectivity index (χ2v) is 25.3. The first-order valence-corrected chi connectivity index (χ1v) is 35.7. The van der Waals surface area contributed by atoms with E-state index in [9.17, 15) is 61.0 Å². The van der Waals surface area contributed by atoms with E-state index in [-0.39, 0.29) is 18.9 Å². The molecule has 91 heavy (non-hydrogen) atoms. The minimum atomic E-state index is -1.98. The van der Waals surface area contributed by atoms with Gasteiger partial charge in [0, 0.05) is 6.42 Å². The highest BCUT2D eigenvalue weighted by Gasteiger charge is 2.53. The predicted octanol–water partition coefficient (Wildman–Crippen LogP) is 9.72. The summed E-state index contributed by atoms with van der Waals surface area (Å²) in [4.78, 5) is 13.4. The average Bonchev–Trinajstić information content (AvgIpc) is 1.05. The van der Waals surface area contributed by atoms with Crippen LogP contribution in [0.1, 0.15) is 245 Å². The smallest absolute Gasteiger partial charge is 0.220 e. The van der Waals surface area contributed by atoms with Gasteiger partial charge in [0.25, 0.3) is 0 Å². The number of carbonyl (C=O) groups excluding carboxylic acids is 1. The Hall–Kier alpha value is -2.77. The largest absolute Gasteiger partial charge is 0.394 e. The molecule has 3 rings (SSSR count). The van der Waals surface area contributed by atoms with E-state index in [0.29, 0.717) is 12.8 Å². The van der Waals surface area contributed by atoms with Crippen LogP contribution in [0.4, 0.5) is 0 Å². The molecular formula is C72H127NO18. The van der Waals surface area contributed by atoms with Gasteiger partial charge in [0.2, 0.25) is 5.91 Å². The van der Waals surface area contributed by atoms with E-state index < -0.39 is 124 Å². The minimum Gasteiger partial charge on any atom is -0.394 e. The maximum atomic E-state index is 13.4. The van der Waals surface area contributed by atoms with Gasteiger partial charge in [-0.15, -0.1) is 0 Å². The molecule has 19 nitrogen and oxygen atoms in total. The highest BCUT2D eigenvalue weighted by molar-refractivity contribution is 5.76. The van der Waals surface area contributed by atoms with Gasteiger partial charge in [0.1, 0.15) is 73.2 Å². The number of carbonyl (C=O) groups is 1. The Morgan fingerprint density at radius 2 is 0.769 bits per heavy atom. The van der Waals surface area contributed by atoms with Crippen molar-refractivity contribution >= 4 is 5.91 Å². The van der Waals surface area contributed by atoms with Crippen LogP contribution >= 0.6 is 0 Å². The Bertz CT molecular complexity index is 1930. The standard InChI is InChI=1S/C72H127NO18/c1-3-5-7-9-11-13-15-16-17-18-19-20-21-22-23-24-25-26-27-28-29-30-31-32-33-34-35-36-37-38-40-42-44-46-48-50-60(78)73-55(56(77)49-47-45-43-41-39-14-12-10-8-6-4-2)54-86-70-66(84)63(81)68(58(52-75)88-70)91-72-67(85)64(82)69(59(53-76)89-72)90-71-65(83)62(80)61(79)57(51-74)87-71/h5,7,11,13,16-17,19-20,39,41,47,49,55-59,61-72,74-77,79-85H,3-4,6,8-10,12,14-15,18,21-38,40,42-46,48,50-54H2,1-2H3,(H,73,78)/b7-5-,13-11-,17-16-,20-19-,41-39+,49-47+. The molecule has 0 aromatic rings. The van der Waals surface area contributed by atoms with Gasteiger partial charge >= 0.3 is 0 Å². The predicted molar refractivity (Wildman–Crippen MR) is 355 cm³/mol. The zero-order valence-corrected chi connectivity index (χ0v) is 55.8. The average molecular weight is 1290 g/mol. The Kier molecular flexibility index (Phi) is 48.4. The molecule has 0 spiro atoms. The molecule has 17 unspecified atom stereocenters. The monoisotopic (exact) mass is 1290 g/mol. The maximum Gasteiger partial charge on any atom is 0.220 e. The summed E-state index contributed by atoms with van der Waals surface area (Å²) in [5.41, 5.74) is 0. The zero-order chi connectivity index (χ0) is 66.1. The van der Waals surface area contributed by atoms with Gasteiger partial charge in [-0.2, -0.15) is 0 Å². The van der Waals surface area contributed by atoms with Crippen LogP contribution in [-0.4, -0.2) is 193 Å². The quantitative estimate of drug-likeness (QED) is 0.0199. The number of amides is 1. The van der Waals surface area contributed by atoms with E-state index in [1.165, 1.54) is 148 Å². The Morgan fingerprint density at radius 1 is 0.407 bits per heavy atom. The number of unbranched alkanes of at least 4 members (excludes halogenated alkanes) is 28. The van der Waals surface area contributed by atoms with E-state index in [1.807, 2.05) is 6.08 Å². The summed E-state index contributed by atoms with van der Waals surface area (Å²) in [6.45, 7) is 1.57. The van der Waals surface area contributed by atoms with Crippen molar-refractivity contribution in [1.82, 2.24) is 5.32 Å². The first kappa shape index (κ1) is 82.5. The number of ether oxygens (including phenoxy) is 6. The highest BCUT2D eigenvalue weighted by Crippen LogP contribution is 2.33. The molecule has 3 heterocycles. The highest BCUT2D eigenvalue weighted by atomic mass is 16.8. The van der Waals surface area contributed by atoms with Crippen LogP contribution in [0.3, 0.4) is 0 Å². The van der Waals surface area contributed by atoms with Gasteiger partial charge in [0.05, 0.1) is 38.6 Å². The molecule has 12 N–H and O–H groups in total. The first-order chi connectivity index (χ1) is 44.3. The fourth-order valence-electron chi connectivity index (χ4n) is 11.7. The molecule has 3 aliphatic heterocycles. The van der Waals surface area contributed by atoms with Crippen molar-refractivity contribution in [3.05, 3.63) is 72.9 Å². The van der Waals surface area contributed by atoms with Gasteiger partial charge in [0.15, 0.2) is 18.9 Å². The van der Waals surface area contributed by atoms with E-state index in [0.717, 1.165) is 64.2 Å².